The van der Waals surface area contributed by atoms with Crippen LogP contribution in [-0.2, 0) is 29.9 Å². The zero-order valence-electron chi connectivity index (χ0n) is 21.0. The Balaban J connectivity index is 1.45. The average Bonchev–Trinajstić information content (AvgIpc) is 3.67. The van der Waals surface area contributed by atoms with E-state index in [2.05, 4.69) is 0 Å². The number of carbonyl (C=O) groups is 1. The van der Waals surface area contributed by atoms with E-state index < -0.39 is 36.3 Å². The molecule has 6 unspecified atom stereocenters. The number of benzene rings is 1. The molecule has 2 N–H and O–H groups in total. The van der Waals surface area contributed by atoms with Crippen LogP contribution in [0.25, 0.3) is 5.57 Å². The molecule has 0 saturated carbocycles. The number of ether oxygens (including phenoxy) is 5. The fourth-order valence-electron chi connectivity index (χ4n) is 4.13. The third kappa shape index (κ3) is 6.76. The Morgan fingerprint density at radius 2 is 1.95 bits per heavy atom. The van der Waals surface area contributed by atoms with Gasteiger partial charge in [-0.05, 0) is 41.8 Å². The number of esters is 1. The SMILES string of the molecule is CCC(C)C(=O)OCC(O)COC1=CC2OC3OC3C(c3ccc(OCCO)cc3C(F)(F)F)=CC2C=C1. The standard InChI is InChI=1S/C27H31F3O8/c1-3-15(2)25(33)36-14-17(32)13-35-19-5-4-16-10-21(24-26(38-24)37-23(16)12-19)20-7-6-18(34-9-8-31)11-22(20)27(28,29)30/h4-7,10-12,15-17,23-24,26,31-32H,3,8-9,13-14H2,1-2H3. The van der Waals surface area contributed by atoms with E-state index in [4.69, 9.17) is 28.8 Å². The van der Waals surface area contributed by atoms with Gasteiger partial charge in [-0.3, -0.25) is 4.79 Å². The molecular weight excluding hydrogens is 509 g/mol. The van der Waals surface area contributed by atoms with Crippen molar-refractivity contribution >= 4 is 11.5 Å². The molecule has 1 aliphatic carbocycles. The van der Waals surface area contributed by atoms with E-state index in [1.54, 1.807) is 31.2 Å². The third-order valence-corrected chi connectivity index (χ3v) is 6.45. The normalized spacial score (nSPS) is 25.7. The summed E-state index contributed by atoms with van der Waals surface area (Å²) in [5, 5.41) is 19.0. The molecule has 0 bridgehead atoms. The van der Waals surface area contributed by atoms with E-state index in [1.807, 2.05) is 6.92 Å². The molecule has 2 heterocycles. The minimum absolute atomic E-state index is 0.00542. The molecule has 4 rings (SSSR count). The zero-order chi connectivity index (χ0) is 27.4. The number of hydrogen-bond donors (Lipinski definition) is 2. The molecule has 0 amide bonds. The smallest absolute Gasteiger partial charge is 0.417 e. The van der Waals surface area contributed by atoms with E-state index in [-0.39, 0.29) is 55.5 Å². The van der Waals surface area contributed by atoms with Gasteiger partial charge in [-0.15, -0.1) is 0 Å². The molecule has 3 aliphatic rings. The number of epoxide rings is 1. The lowest BCUT2D eigenvalue weighted by Crippen LogP contribution is -2.27. The van der Waals surface area contributed by atoms with Crippen LogP contribution in [-0.4, -0.2) is 67.2 Å². The number of fused-ring (bicyclic) bond motifs is 2. The summed E-state index contributed by atoms with van der Waals surface area (Å²) in [6.07, 6.45) is -0.158. The van der Waals surface area contributed by atoms with Crippen LogP contribution in [0.2, 0.25) is 0 Å². The number of aliphatic hydroxyl groups is 2. The second-order valence-corrected chi connectivity index (χ2v) is 9.33. The molecule has 38 heavy (non-hydrogen) atoms. The first-order valence-corrected chi connectivity index (χ1v) is 12.5. The number of aliphatic hydroxyl groups excluding tert-OH is 2. The van der Waals surface area contributed by atoms with Gasteiger partial charge in [0.25, 0.3) is 0 Å². The second kappa shape index (κ2) is 11.9. The molecule has 11 heteroatoms. The monoisotopic (exact) mass is 540 g/mol. The summed E-state index contributed by atoms with van der Waals surface area (Å²) in [5.41, 5.74) is -0.529. The second-order valence-electron chi connectivity index (χ2n) is 9.33. The van der Waals surface area contributed by atoms with Crippen molar-refractivity contribution in [2.75, 3.05) is 26.4 Å². The fraction of sp³-hybridized carbons (Fsp3) is 0.519. The zero-order valence-corrected chi connectivity index (χ0v) is 21.0. The maximum absolute atomic E-state index is 13.9. The molecule has 6 atom stereocenters. The highest BCUT2D eigenvalue weighted by atomic mass is 19.4. The van der Waals surface area contributed by atoms with Crippen LogP contribution in [0.4, 0.5) is 13.2 Å². The summed E-state index contributed by atoms with van der Waals surface area (Å²) in [7, 11) is 0. The Hall–Kier alpha value is -2.86. The Bertz CT molecular complexity index is 1100. The Labute approximate surface area is 218 Å². The number of halogens is 3. The first-order chi connectivity index (χ1) is 18.1. The van der Waals surface area contributed by atoms with Crippen LogP contribution < -0.4 is 4.74 Å². The van der Waals surface area contributed by atoms with E-state index in [0.29, 0.717) is 17.8 Å². The lowest BCUT2D eigenvalue weighted by Gasteiger charge is -2.24. The van der Waals surface area contributed by atoms with Gasteiger partial charge in [-0.1, -0.05) is 32.1 Å². The third-order valence-electron chi connectivity index (χ3n) is 6.45. The van der Waals surface area contributed by atoms with Crippen molar-refractivity contribution in [2.24, 2.45) is 11.8 Å². The first-order valence-electron chi connectivity index (χ1n) is 12.5. The topological polar surface area (TPSA) is 107 Å². The molecule has 2 aliphatic heterocycles. The molecular formula is C27H31F3O8. The van der Waals surface area contributed by atoms with Crippen LogP contribution in [0, 0.1) is 11.8 Å². The van der Waals surface area contributed by atoms with Crippen LogP contribution in [0.3, 0.4) is 0 Å². The minimum atomic E-state index is -4.64. The summed E-state index contributed by atoms with van der Waals surface area (Å²) in [6.45, 7) is 2.86. The first kappa shape index (κ1) is 28.2. The van der Waals surface area contributed by atoms with E-state index in [9.17, 15) is 23.1 Å². The van der Waals surface area contributed by atoms with Crippen molar-refractivity contribution in [3.63, 3.8) is 0 Å². The molecule has 0 aromatic heterocycles. The maximum Gasteiger partial charge on any atom is 0.417 e. The number of hydrogen-bond acceptors (Lipinski definition) is 8. The molecule has 0 spiro atoms. The predicted molar refractivity (Wildman–Crippen MR) is 129 cm³/mol. The summed E-state index contributed by atoms with van der Waals surface area (Å²) in [4.78, 5) is 11.8. The molecule has 1 aromatic carbocycles. The predicted octanol–water partition coefficient (Wildman–Crippen LogP) is 3.62. The molecule has 1 aromatic rings. The van der Waals surface area contributed by atoms with Crippen LogP contribution >= 0.6 is 0 Å². The van der Waals surface area contributed by atoms with Gasteiger partial charge in [-0.25, -0.2) is 0 Å². The number of rotatable bonds is 11. The van der Waals surface area contributed by atoms with Crippen molar-refractivity contribution < 1.29 is 51.9 Å². The van der Waals surface area contributed by atoms with Crippen LogP contribution in [0.15, 0.2) is 48.3 Å². The van der Waals surface area contributed by atoms with Crippen molar-refractivity contribution in [1.82, 2.24) is 0 Å². The quantitative estimate of drug-likeness (QED) is 0.324. The van der Waals surface area contributed by atoms with Crippen molar-refractivity contribution in [3.8, 4) is 5.75 Å². The summed E-state index contributed by atoms with van der Waals surface area (Å²) < 4.78 is 69.2. The van der Waals surface area contributed by atoms with Crippen molar-refractivity contribution in [1.29, 1.82) is 0 Å². The highest BCUT2D eigenvalue weighted by Crippen LogP contribution is 2.46. The van der Waals surface area contributed by atoms with Crippen molar-refractivity contribution in [3.05, 3.63) is 59.4 Å². The number of allylic oxidation sites excluding steroid dienone is 1. The van der Waals surface area contributed by atoms with E-state index in [0.717, 1.165) is 6.07 Å². The molecule has 1 saturated heterocycles. The Kier molecular flexibility index (Phi) is 8.81. The van der Waals surface area contributed by atoms with Gasteiger partial charge in [-0.2, -0.15) is 13.2 Å². The van der Waals surface area contributed by atoms with Gasteiger partial charge in [0.1, 0.15) is 43.5 Å². The number of alkyl halides is 3. The summed E-state index contributed by atoms with van der Waals surface area (Å²) in [5.74, 6) is -0.602. The molecule has 0 radical (unpaired) electrons. The van der Waals surface area contributed by atoms with Crippen molar-refractivity contribution in [2.45, 2.75) is 51.0 Å². The number of carbonyl (C=O) groups excluding carboxylic acids is 1. The van der Waals surface area contributed by atoms with Gasteiger partial charge < -0.3 is 33.9 Å². The largest absolute Gasteiger partial charge is 0.491 e. The lowest BCUT2D eigenvalue weighted by molar-refractivity contribution is -0.151. The van der Waals surface area contributed by atoms with Gasteiger partial charge in [0.15, 0.2) is 6.29 Å². The average molecular weight is 541 g/mol. The Morgan fingerprint density at radius 3 is 2.66 bits per heavy atom. The lowest BCUT2D eigenvalue weighted by atomic mass is 9.90. The highest BCUT2D eigenvalue weighted by Gasteiger charge is 2.50. The van der Waals surface area contributed by atoms with Gasteiger partial charge in [0.05, 0.1) is 24.2 Å². The summed E-state index contributed by atoms with van der Waals surface area (Å²) >= 11 is 0. The van der Waals surface area contributed by atoms with E-state index in [1.165, 1.54) is 12.1 Å². The molecule has 1 fully saturated rings. The molecule has 208 valence electrons. The van der Waals surface area contributed by atoms with Crippen LogP contribution in [0.5, 0.6) is 5.75 Å². The Morgan fingerprint density at radius 1 is 1.16 bits per heavy atom. The molecule has 8 nitrogen and oxygen atoms in total. The summed E-state index contributed by atoms with van der Waals surface area (Å²) in [6, 6.07) is 3.68. The van der Waals surface area contributed by atoms with Gasteiger partial charge in [0.2, 0.25) is 0 Å². The highest BCUT2D eigenvalue weighted by molar-refractivity contribution is 5.75. The van der Waals surface area contributed by atoms with E-state index >= 15 is 0 Å². The minimum Gasteiger partial charge on any atom is -0.491 e. The van der Waals surface area contributed by atoms with Gasteiger partial charge in [0, 0.05) is 5.92 Å². The maximum atomic E-state index is 13.9. The van der Waals surface area contributed by atoms with Gasteiger partial charge >= 0.3 is 12.1 Å². The fourth-order valence-corrected chi connectivity index (χ4v) is 4.13. The van der Waals surface area contributed by atoms with Crippen LogP contribution in [0.1, 0.15) is 31.4 Å².